The van der Waals surface area contributed by atoms with Crippen LogP contribution in [0, 0.1) is 5.82 Å². The van der Waals surface area contributed by atoms with Crippen LogP contribution < -0.4 is 10.1 Å². The van der Waals surface area contributed by atoms with Gasteiger partial charge in [-0.1, -0.05) is 48.2 Å². The summed E-state index contributed by atoms with van der Waals surface area (Å²) in [5.41, 5.74) is 0.520. The molecule has 4 rings (SSSR count). The van der Waals surface area contributed by atoms with E-state index in [1.807, 2.05) is 42.5 Å². The van der Waals surface area contributed by atoms with Crippen LogP contribution in [0.1, 0.15) is 5.89 Å². The highest BCUT2D eigenvalue weighted by Gasteiger charge is 2.11. The average molecular weight is 409 g/mol. The van der Waals surface area contributed by atoms with Gasteiger partial charge in [-0.2, -0.15) is 0 Å². The second-order valence-electron chi connectivity index (χ2n) is 6.07. The van der Waals surface area contributed by atoms with E-state index in [1.165, 1.54) is 24.3 Å². The first-order valence-corrected chi connectivity index (χ1v) is 9.77. The second-order valence-corrected chi connectivity index (χ2v) is 7.00. The quantitative estimate of drug-likeness (QED) is 0.447. The van der Waals surface area contributed by atoms with Gasteiger partial charge in [0.15, 0.2) is 6.61 Å². The van der Waals surface area contributed by atoms with Crippen LogP contribution in [-0.4, -0.2) is 21.9 Å². The van der Waals surface area contributed by atoms with E-state index in [0.717, 1.165) is 28.3 Å². The number of thioether (sulfide) groups is 1. The molecular formula is C21H16FN3O3S. The molecule has 0 atom stereocenters. The summed E-state index contributed by atoms with van der Waals surface area (Å²) < 4.78 is 24.2. The van der Waals surface area contributed by atoms with Gasteiger partial charge in [0.05, 0.1) is 5.75 Å². The Morgan fingerprint density at radius 2 is 1.83 bits per heavy atom. The van der Waals surface area contributed by atoms with Crippen LogP contribution >= 0.6 is 11.8 Å². The molecule has 0 saturated heterocycles. The molecule has 0 spiro atoms. The van der Waals surface area contributed by atoms with Gasteiger partial charge in [-0.15, -0.1) is 10.2 Å². The van der Waals surface area contributed by atoms with Crippen LogP contribution in [0.5, 0.6) is 5.75 Å². The molecule has 0 aliphatic heterocycles. The number of ether oxygens (including phenoxy) is 1. The first-order chi connectivity index (χ1) is 14.2. The molecule has 0 aliphatic carbocycles. The lowest BCUT2D eigenvalue weighted by molar-refractivity contribution is -0.113. The van der Waals surface area contributed by atoms with Gasteiger partial charge >= 0.3 is 0 Å². The fraction of sp³-hybridized carbons (Fsp3) is 0.0952. The third-order valence-electron chi connectivity index (χ3n) is 4.00. The molecule has 0 saturated carbocycles. The number of aromatic nitrogens is 2. The maximum Gasteiger partial charge on any atom is 0.277 e. The first kappa shape index (κ1) is 18.9. The maximum absolute atomic E-state index is 12.9. The van der Waals surface area contributed by atoms with Crippen molar-refractivity contribution in [3.05, 3.63) is 78.4 Å². The predicted molar refractivity (Wildman–Crippen MR) is 108 cm³/mol. The first-order valence-electron chi connectivity index (χ1n) is 8.78. The van der Waals surface area contributed by atoms with Gasteiger partial charge in [-0.25, -0.2) is 4.39 Å². The second kappa shape index (κ2) is 8.74. The number of anilines is 1. The van der Waals surface area contributed by atoms with Crippen molar-refractivity contribution >= 4 is 34.1 Å². The molecule has 1 N–H and O–H groups in total. The van der Waals surface area contributed by atoms with Crippen molar-refractivity contribution in [1.29, 1.82) is 0 Å². The molecule has 8 heteroatoms. The largest absolute Gasteiger partial charge is 0.483 e. The highest BCUT2D eigenvalue weighted by molar-refractivity contribution is 7.99. The molecule has 1 aromatic heterocycles. The van der Waals surface area contributed by atoms with Gasteiger partial charge in [0, 0.05) is 11.1 Å². The zero-order valence-corrected chi connectivity index (χ0v) is 16.0. The SMILES string of the molecule is O=C(CSc1nnc(COc2cccc3ccccc23)o1)Nc1ccc(F)cc1. The van der Waals surface area contributed by atoms with Crippen LogP contribution in [-0.2, 0) is 11.4 Å². The number of nitrogens with one attached hydrogen (secondary N) is 1. The van der Waals surface area contributed by atoms with Crippen molar-refractivity contribution in [2.24, 2.45) is 0 Å². The van der Waals surface area contributed by atoms with Crippen LogP contribution in [0.15, 0.2) is 76.4 Å². The number of carbonyl (C=O) groups is 1. The molecule has 0 bridgehead atoms. The molecule has 0 aliphatic rings. The summed E-state index contributed by atoms with van der Waals surface area (Å²) in [6, 6.07) is 19.3. The number of fused-ring (bicyclic) bond motifs is 1. The van der Waals surface area contributed by atoms with E-state index in [-0.39, 0.29) is 29.3 Å². The van der Waals surface area contributed by atoms with Gasteiger partial charge in [-0.3, -0.25) is 4.79 Å². The van der Waals surface area contributed by atoms with Crippen molar-refractivity contribution in [3.8, 4) is 5.75 Å². The third-order valence-corrected chi connectivity index (χ3v) is 4.82. The number of hydrogen-bond donors (Lipinski definition) is 1. The van der Waals surface area contributed by atoms with Crippen molar-refractivity contribution in [2.75, 3.05) is 11.1 Å². The Balaban J connectivity index is 1.30. The minimum atomic E-state index is -0.360. The Kier molecular flexibility index (Phi) is 5.71. The lowest BCUT2D eigenvalue weighted by Crippen LogP contribution is -2.13. The summed E-state index contributed by atoms with van der Waals surface area (Å²) in [5, 5.41) is 12.9. The molecule has 3 aromatic carbocycles. The monoisotopic (exact) mass is 409 g/mol. The number of amides is 1. The van der Waals surface area contributed by atoms with E-state index in [2.05, 4.69) is 15.5 Å². The lowest BCUT2D eigenvalue weighted by atomic mass is 10.1. The molecule has 0 radical (unpaired) electrons. The Morgan fingerprint density at radius 1 is 1.03 bits per heavy atom. The molecule has 4 aromatic rings. The van der Waals surface area contributed by atoms with E-state index in [1.54, 1.807) is 0 Å². The minimum absolute atomic E-state index is 0.0865. The number of rotatable bonds is 7. The molecule has 6 nitrogen and oxygen atoms in total. The van der Waals surface area contributed by atoms with Gasteiger partial charge < -0.3 is 14.5 Å². The minimum Gasteiger partial charge on any atom is -0.483 e. The summed E-state index contributed by atoms with van der Waals surface area (Å²) in [5.74, 6) is 0.520. The summed E-state index contributed by atoms with van der Waals surface area (Å²) >= 11 is 1.11. The lowest BCUT2D eigenvalue weighted by Gasteiger charge is -2.07. The normalized spacial score (nSPS) is 10.8. The van der Waals surface area contributed by atoms with Crippen molar-refractivity contribution in [1.82, 2.24) is 10.2 Å². The van der Waals surface area contributed by atoms with Gasteiger partial charge in [0.2, 0.25) is 5.91 Å². The average Bonchev–Trinajstić information content (AvgIpc) is 3.20. The van der Waals surface area contributed by atoms with Crippen molar-refractivity contribution in [3.63, 3.8) is 0 Å². The van der Waals surface area contributed by atoms with Crippen molar-refractivity contribution < 1.29 is 18.3 Å². The predicted octanol–water partition coefficient (Wildman–Crippen LogP) is 4.67. The number of carbonyl (C=O) groups excluding carboxylic acids is 1. The van der Waals surface area contributed by atoms with Crippen LogP contribution in [0.2, 0.25) is 0 Å². The third kappa shape index (κ3) is 4.91. The highest BCUT2D eigenvalue weighted by atomic mass is 32.2. The molecular weight excluding hydrogens is 393 g/mol. The summed E-state index contributed by atoms with van der Waals surface area (Å²) in [4.78, 5) is 12.0. The molecule has 0 fully saturated rings. The summed E-state index contributed by atoms with van der Waals surface area (Å²) in [7, 11) is 0. The Bertz CT molecular complexity index is 1130. The molecule has 29 heavy (non-hydrogen) atoms. The summed E-state index contributed by atoms with van der Waals surface area (Å²) in [6.07, 6.45) is 0. The van der Waals surface area contributed by atoms with E-state index in [0.29, 0.717) is 11.6 Å². The van der Waals surface area contributed by atoms with Crippen LogP contribution in [0.25, 0.3) is 10.8 Å². The molecule has 146 valence electrons. The number of hydrogen-bond acceptors (Lipinski definition) is 6. The topological polar surface area (TPSA) is 77.2 Å². The van der Waals surface area contributed by atoms with Crippen LogP contribution in [0.4, 0.5) is 10.1 Å². The number of halogens is 1. The Morgan fingerprint density at radius 3 is 2.69 bits per heavy atom. The van der Waals surface area contributed by atoms with Crippen LogP contribution in [0.3, 0.4) is 0 Å². The van der Waals surface area contributed by atoms with E-state index >= 15 is 0 Å². The standard InChI is InChI=1S/C21H16FN3O3S/c22-15-8-10-16(11-9-15)23-19(26)13-29-21-25-24-20(28-21)12-27-18-7-3-5-14-4-1-2-6-17(14)18/h1-11H,12-13H2,(H,23,26). The van der Waals surface area contributed by atoms with Gasteiger partial charge in [-0.05, 0) is 35.7 Å². The molecule has 1 amide bonds. The molecule has 1 heterocycles. The molecule has 0 unspecified atom stereocenters. The van der Waals surface area contributed by atoms with E-state index in [9.17, 15) is 9.18 Å². The smallest absolute Gasteiger partial charge is 0.277 e. The highest BCUT2D eigenvalue weighted by Crippen LogP contribution is 2.26. The zero-order chi connectivity index (χ0) is 20.1. The Labute approximate surface area is 170 Å². The number of benzene rings is 3. The Hall–Kier alpha value is -3.39. The number of nitrogens with zero attached hydrogens (tertiary/aromatic N) is 2. The fourth-order valence-electron chi connectivity index (χ4n) is 2.67. The zero-order valence-electron chi connectivity index (χ0n) is 15.2. The maximum atomic E-state index is 12.9. The van der Waals surface area contributed by atoms with E-state index < -0.39 is 0 Å². The van der Waals surface area contributed by atoms with Crippen molar-refractivity contribution in [2.45, 2.75) is 11.8 Å². The van der Waals surface area contributed by atoms with Gasteiger partial charge in [0.25, 0.3) is 11.1 Å². The van der Waals surface area contributed by atoms with E-state index in [4.69, 9.17) is 9.15 Å². The fourth-order valence-corrected chi connectivity index (χ4v) is 3.25. The summed E-state index contributed by atoms with van der Waals surface area (Å²) in [6.45, 7) is 0.128. The van der Waals surface area contributed by atoms with Gasteiger partial charge in [0.1, 0.15) is 11.6 Å².